The molecular weight excluding hydrogens is 1130 g/mol. The van der Waals surface area contributed by atoms with E-state index in [1.807, 2.05) is 47.6 Å². The Morgan fingerprint density at radius 1 is 0.658 bits per heavy atom. The van der Waals surface area contributed by atoms with Crippen molar-refractivity contribution >= 4 is 58.4 Å². The number of pyridine rings is 2. The summed E-state index contributed by atoms with van der Waals surface area (Å²) in [4.78, 5) is 22.0. The minimum Gasteiger partial charge on any atom is -0.520 e. The zero-order valence-electron chi connectivity index (χ0n) is 44.9. The molecule has 0 aliphatic rings. The molecule has 9 heteroatoms. The van der Waals surface area contributed by atoms with E-state index < -0.39 is 14.0 Å². The topological polar surface area (TPSA) is 102 Å². The van der Waals surface area contributed by atoms with Crippen molar-refractivity contribution in [1.29, 1.82) is 0 Å². The molecule has 7 nitrogen and oxygen atoms in total. The summed E-state index contributed by atoms with van der Waals surface area (Å²) in [5, 5.41) is 24.9. The molecule has 0 amide bonds. The van der Waals surface area contributed by atoms with Gasteiger partial charge in [0.05, 0.1) is 8.07 Å². The molecule has 76 heavy (non-hydrogen) atoms. The number of rotatable bonds is 11. The first-order valence-corrected chi connectivity index (χ1v) is 29.2. The van der Waals surface area contributed by atoms with Crippen molar-refractivity contribution in [1.82, 2.24) is 9.97 Å². The van der Waals surface area contributed by atoms with Crippen LogP contribution in [0.2, 0.25) is 19.6 Å². The number of aromatic nitrogens is 2. The average Bonchev–Trinajstić information content (AvgIpc) is 3.82. The number of nitrogens with zero attached hydrogens (tertiary/aromatic N) is 4. The monoisotopic (exact) mass is 1190 g/mol. The summed E-state index contributed by atoms with van der Waals surface area (Å²) < 4.78 is 6.74. The standard InChI is InChI=1S/C52H47N3O.C15H16NO2Si.Ir/c1-33(2)45-29-40(36-17-12-9-13-18-36)30-46(34(3)4)49(45)55(41-27-28-54-48(32-41)52(5,6)7)51(53)44-20-14-19-43-42-26-25-39(31-47(42)56-50(43)44)38-23-21-37(22-24-38)35-15-10-8-11-16-35;1-19(2,3)13-8-9-14(16-10-13)11-4-6-12(7-5-11)15(17)18;/h8-19,21-34H,1-7H3;4,6-10H,1-3H3,(H,17,18);/q-2;-1;+3. The molecule has 0 bridgehead atoms. The van der Waals surface area contributed by atoms with Gasteiger partial charge in [-0.3, -0.25) is 9.78 Å². The largest absolute Gasteiger partial charge is 3.00 e. The molecule has 0 saturated carbocycles. The van der Waals surface area contributed by atoms with Crippen molar-refractivity contribution in [2.45, 2.75) is 85.4 Å². The Labute approximate surface area is 462 Å². The van der Waals surface area contributed by atoms with Crippen LogP contribution in [0, 0.1) is 12.1 Å². The summed E-state index contributed by atoms with van der Waals surface area (Å²) in [6.07, 6.45) is 3.76. The van der Waals surface area contributed by atoms with Crippen LogP contribution in [0.25, 0.3) is 72.0 Å². The second kappa shape index (κ2) is 22.7. The molecule has 0 aliphatic heterocycles. The minimum absolute atomic E-state index is 0. The molecule has 7 aromatic carbocycles. The fraction of sp³-hybridized carbons (Fsp3) is 0.194. The molecule has 382 valence electrons. The van der Waals surface area contributed by atoms with Gasteiger partial charge in [-0.25, -0.2) is 0 Å². The van der Waals surface area contributed by atoms with Crippen molar-refractivity contribution in [2.75, 3.05) is 4.90 Å². The van der Waals surface area contributed by atoms with Crippen LogP contribution in [0.5, 0.6) is 0 Å². The van der Waals surface area contributed by atoms with Gasteiger partial charge in [-0.1, -0.05) is 195 Å². The number of carbonyl (C=O) groups is 1. The van der Waals surface area contributed by atoms with E-state index in [1.165, 1.54) is 22.4 Å². The van der Waals surface area contributed by atoms with Gasteiger partial charge in [-0.2, -0.15) is 0 Å². The Hall–Kier alpha value is -7.55. The van der Waals surface area contributed by atoms with E-state index in [1.54, 1.807) is 12.1 Å². The third kappa shape index (κ3) is 11.8. The van der Waals surface area contributed by atoms with Gasteiger partial charge in [0.15, 0.2) is 0 Å². The molecule has 0 aliphatic carbocycles. The van der Waals surface area contributed by atoms with Crippen LogP contribution >= 0.6 is 0 Å². The molecule has 0 unspecified atom stereocenters. The molecule has 10 aromatic rings. The van der Waals surface area contributed by atoms with E-state index in [0.717, 1.165) is 78.1 Å². The Balaban J connectivity index is 0.000000323. The van der Waals surface area contributed by atoms with Gasteiger partial charge in [-0.05, 0) is 102 Å². The molecule has 3 aromatic heterocycles. The first-order valence-electron chi connectivity index (χ1n) is 25.7. The van der Waals surface area contributed by atoms with Gasteiger partial charge in [0.2, 0.25) is 0 Å². The van der Waals surface area contributed by atoms with Gasteiger partial charge in [0.25, 0.3) is 5.97 Å². The quantitative estimate of drug-likeness (QED) is 0.0599. The summed E-state index contributed by atoms with van der Waals surface area (Å²) in [6.45, 7) is 22.2. The smallest absolute Gasteiger partial charge is 0.520 e. The molecule has 3 heterocycles. The van der Waals surface area contributed by atoms with Crippen LogP contribution in [-0.4, -0.2) is 35.0 Å². The van der Waals surface area contributed by atoms with Gasteiger partial charge < -0.3 is 24.8 Å². The first kappa shape index (κ1) is 54.7. The molecule has 0 fully saturated rings. The molecule has 0 saturated heterocycles. The van der Waals surface area contributed by atoms with E-state index in [9.17, 15) is 10.2 Å². The van der Waals surface area contributed by atoms with E-state index in [2.05, 4.69) is 207 Å². The van der Waals surface area contributed by atoms with E-state index >= 15 is 0 Å². The number of carboxylic acid groups (broad SMARTS) is 1. The van der Waals surface area contributed by atoms with E-state index in [-0.39, 0.29) is 48.8 Å². The van der Waals surface area contributed by atoms with E-state index in [4.69, 9.17) is 14.5 Å². The number of anilines is 2. The van der Waals surface area contributed by atoms with Crippen molar-refractivity contribution in [3.05, 3.63) is 228 Å². The summed E-state index contributed by atoms with van der Waals surface area (Å²) in [7, 11) is -1.33. The van der Waals surface area contributed by atoms with Crippen LogP contribution in [0.1, 0.15) is 93.0 Å². The summed E-state index contributed by atoms with van der Waals surface area (Å²) in [5.41, 5.74) is 15.3. The molecule has 0 atom stereocenters. The number of amidine groups is 1. The maximum atomic E-state index is 12.9. The van der Waals surface area contributed by atoms with Crippen LogP contribution in [0.4, 0.5) is 11.4 Å². The number of hydrogen-bond donors (Lipinski definition) is 1. The number of furan rings is 1. The average molecular weight is 1190 g/mol. The normalized spacial score (nSPS) is 11.6. The van der Waals surface area contributed by atoms with Crippen molar-refractivity contribution < 1.29 is 34.4 Å². The summed E-state index contributed by atoms with van der Waals surface area (Å²) in [6, 6.07) is 63.7. The second-order valence-electron chi connectivity index (χ2n) is 21.8. The fourth-order valence-electron chi connectivity index (χ4n) is 9.34. The van der Waals surface area contributed by atoms with Gasteiger partial charge >= 0.3 is 20.1 Å². The van der Waals surface area contributed by atoms with Crippen LogP contribution in [0.15, 0.2) is 187 Å². The first-order chi connectivity index (χ1) is 35.8. The molecule has 0 radical (unpaired) electrons. The SMILES string of the molecule is CC(C)c1cc(-c2ccccc2)cc(C(C)C)c1N(C(=[N-])c1[c-]ccc2c1oc1cc(-c3ccc(-c4ccccc4)cc3)ccc12)c1ccnc(C(C)(C)C)c1.C[Si](C)(C)c1ccc(-c2[c-]cc(C(=O)O)cc2)nc1.[Ir+3]. The van der Waals surface area contributed by atoms with Crippen molar-refractivity contribution in [2.24, 2.45) is 0 Å². The van der Waals surface area contributed by atoms with Gasteiger partial charge in [-0.15, -0.1) is 59.4 Å². The summed E-state index contributed by atoms with van der Waals surface area (Å²) in [5.74, 6) is -0.591. The Morgan fingerprint density at radius 2 is 1.25 bits per heavy atom. The minimum atomic E-state index is -1.33. The van der Waals surface area contributed by atoms with Crippen LogP contribution in [-0.2, 0) is 25.5 Å². The number of carboxylic acids is 1. The third-order valence-corrected chi connectivity index (χ3v) is 15.7. The second-order valence-corrected chi connectivity index (χ2v) is 26.9. The molecular formula is C67H63IrN4O3Si. The number of hydrogen-bond acceptors (Lipinski definition) is 4. The van der Waals surface area contributed by atoms with E-state index in [0.29, 0.717) is 11.1 Å². The zero-order valence-corrected chi connectivity index (χ0v) is 48.3. The molecule has 1 N–H and O–H groups in total. The zero-order chi connectivity index (χ0) is 53.2. The fourth-order valence-corrected chi connectivity index (χ4v) is 10.4. The maximum absolute atomic E-state index is 12.9. The van der Waals surface area contributed by atoms with Gasteiger partial charge in [0, 0.05) is 34.5 Å². The summed E-state index contributed by atoms with van der Waals surface area (Å²) >= 11 is 0. The van der Waals surface area contributed by atoms with Gasteiger partial charge in [0.1, 0.15) is 5.58 Å². The predicted octanol–water partition coefficient (Wildman–Crippen LogP) is 17.3. The Kier molecular flexibility index (Phi) is 16.4. The number of fused-ring (bicyclic) bond motifs is 3. The number of aromatic carboxylic acids is 1. The van der Waals surface area contributed by atoms with Crippen molar-refractivity contribution in [3.63, 3.8) is 0 Å². The maximum Gasteiger partial charge on any atom is 3.00 e. The van der Waals surface area contributed by atoms with Crippen LogP contribution < -0.4 is 10.1 Å². The molecule has 10 rings (SSSR count). The van der Waals surface area contributed by atoms with Crippen molar-refractivity contribution in [3.8, 4) is 44.6 Å². The Bertz CT molecular complexity index is 3620. The number of benzene rings is 7. The Morgan fingerprint density at radius 3 is 1.79 bits per heavy atom. The van der Waals surface area contributed by atoms with Crippen LogP contribution in [0.3, 0.4) is 0 Å². The molecule has 0 spiro atoms. The predicted molar refractivity (Wildman–Crippen MR) is 314 cm³/mol. The third-order valence-electron chi connectivity index (χ3n) is 13.7.